The molecule has 19 heavy (non-hydrogen) atoms. The second kappa shape index (κ2) is 5.57. The Kier molecular flexibility index (Phi) is 4.04. The van der Waals surface area contributed by atoms with Crippen LogP contribution in [0.2, 0.25) is 0 Å². The average Bonchev–Trinajstić information content (AvgIpc) is 2.69. The Balaban J connectivity index is 2.27. The lowest BCUT2D eigenvalue weighted by Crippen LogP contribution is -2.06. The van der Waals surface area contributed by atoms with Gasteiger partial charge >= 0.3 is 5.97 Å². The molecule has 2 rings (SSSR count). The largest absolute Gasteiger partial charge is 0.465 e. The first-order chi connectivity index (χ1) is 9.01. The van der Waals surface area contributed by atoms with E-state index in [2.05, 4.69) is 21.0 Å². The van der Waals surface area contributed by atoms with Gasteiger partial charge in [0.25, 0.3) is 0 Å². The lowest BCUT2D eigenvalue weighted by Gasteiger charge is -2.08. The van der Waals surface area contributed by atoms with Gasteiger partial charge in [0.1, 0.15) is 0 Å². The molecule has 0 amide bonds. The van der Waals surface area contributed by atoms with Crippen LogP contribution in [0, 0.1) is 13.8 Å². The summed E-state index contributed by atoms with van der Waals surface area (Å²) in [5, 5.41) is 4.42. The number of halogens is 1. The molecule has 1 aromatic carbocycles. The molecule has 100 valence electrons. The molecule has 0 N–H and O–H groups in total. The highest BCUT2D eigenvalue weighted by Gasteiger charge is 2.10. The Morgan fingerprint density at radius 3 is 2.63 bits per heavy atom. The van der Waals surface area contributed by atoms with Crippen molar-refractivity contribution < 1.29 is 9.53 Å². The van der Waals surface area contributed by atoms with E-state index in [-0.39, 0.29) is 5.97 Å². The van der Waals surface area contributed by atoms with Gasteiger partial charge in [-0.25, -0.2) is 4.79 Å². The Morgan fingerprint density at radius 1 is 1.37 bits per heavy atom. The number of carbonyl (C=O) groups excluding carboxylic acids is 1. The van der Waals surface area contributed by atoms with E-state index >= 15 is 0 Å². The van der Waals surface area contributed by atoms with E-state index in [1.165, 1.54) is 7.11 Å². The first-order valence-electron chi connectivity index (χ1n) is 5.89. The number of methoxy groups -OCH3 is 1. The molecule has 0 radical (unpaired) electrons. The maximum Gasteiger partial charge on any atom is 0.337 e. The average molecular weight is 323 g/mol. The van der Waals surface area contributed by atoms with E-state index in [1.54, 1.807) is 12.1 Å². The van der Waals surface area contributed by atoms with E-state index in [4.69, 9.17) is 4.74 Å². The third-order valence-electron chi connectivity index (χ3n) is 2.90. The van der Waals surface area contributed by atoms with Crippen LogP contribution in [0.3, 0.4) is 0 Å². The molecular formula is C14H15BrN2O2. The number of rotatable bonds is 3. The van der Waals surface area contributed by atoms with Crippen LogP contribution >= 0.6 is 15.9 Å². The number of aryl methyl sites for hydroxylation is 2. The summed E-state index contributed by atoms with van der Waals surface area (Å²) < 4.78 is 7.51. The number of esters is 1. The van der Waals surface area contributed by atoms with Crippen molar-refractivity contribution in [3.63, 3.8) is 0 Å². The van der Waals surface area contributed by atoms with E-state index < -0.39 is 0 Å². The highest BCUT2D eigenvalue weighted by Crippen LogP contribution is 2.20. The third-order valence-corrected chi connectivity index (χ3v) is 3.64. The maximum absolute atomic E-state index is 11.4. The summed E-state index contributed by atoms with van der Waals surface area (Å²) in [6.07, 6.45) is 0. The Bertz CT molecular complexity index is 620. The first-order valence-corrected chi connectivity index (χ1v) is 6.68. The SMILES string of the molecule is COC(=O)c1ccc(Cn2nc(C)cc2C)c(Br)c1. The van der Waals surface area contributed by atoms with Gasteiger partial charge in [-0.1, -0.05) is 22.0 Å². The fraction of sp³-hybridized carbons (Fsp3) is 0.286. The summed E-state index contributed by atoms with van der Waals surface area (Å²) in [5.74, 6) is -0.335. The van der Waals surface area contributed by atoms with Crippen molar-refractivity contribution in [1.82, 2.24) is 9.78 Å². The fourth-order valence-corrected chi connectivity index (χ4v) is 2.42. The predicted octanol–water partition coefficient (Wildman–Crippen LogP) is 3.10. The van der Waals surface area contributed by atoms with Crippen LogP contribution in [0.25, 0.3) is 0 Å². The molecule has 0 aliphatic heterocycles. The molecule has 2 aromatic rings. The molecule has 4 nitrogen and oxygen atoms in total. The van der Waals surface area contributed by atoms with Crippen molar-refractivity contribution >= 4 is 21.9 Å². The Hall–Kier alpha value is -1.62. The Morgan fingerprint density at radius 2 is 2.11 bits per heavy atom. The van der Waals surface area contributed by atoms with Gasteiger partial charge in [-0.2, -0.15) is 5.10 Å². The van der Waals surface area contributed by atoms with Crippen LogP contribution in [-0.4, -0.2) is 22.9 Å². The van der Waals surface area contributed by atoms with Crippen LogP contribution in [0.15, 0.2) is 28.7 Å². The summed E-state index contributed by atoms with van der Waals surface area (Å²) in [7, 11) is 1.38. The van der Waals surface area contributed by atoms with Gasteiger partial charge in [0.05, 0.1) is 24.9 Å². The molecule has 5 heteroatoms. The highest BCUT2D eigenvalue weighted by molar-refractivity contribution is 9.10. The van der Waals surface area contributed by atoms with Crippen LogP contribution in [-0.2, 0) is 11.3 Å². The molecule has 0 unspecified atom stereocenters. The van der Waals surface area contributed by atoms with Gasteiger partial charge in [-0.15, -0.1) is 0 Å². The highest BCUT2D eigenvalue weighted by atomic mass is 79.9. The molecule has 1 heterocycles. The van der Waals surface area contributed by atoms with Crippen molar-refractivity contribution in [2.75, 3.05) is 7.11 Å². The number of benzene rings is 1. The lowest BCUT2D eigenvalue weighted by molar-refractivity contribution is 0.0600. The van der Waals surface area contributed by atoms with Crippen molar-refractivity contribution in [2.45, 2.75) is 20.4 Å². The minimum absolute atomic E-state index is 0.335. The number of hydrogen-bond donors (Lipinski definition) is 0. The third kappa shape index (κ3) is 3.04. The molecule has 0 saturated carbocycles. The summed E-state index contributed by atoms with van der Waals surface area (Å²) in [5.41, 5.74) is 3.71. The smallest absolute Gasteiger partial charge is 0.337 e. The predicted molar refractivity (Wildman–Crippen MR) is 76.3 cm³/mol. The second-order valence-electron chi connectivity index (χ2n) is 4.38. The maximum atomic E-state index is 11.4. The van der Waals surface area contributed by atoms with E-state index in [0.717, 1.165) is 21.4 Å². The van der Waals surface area contributed by atoms with Crippen LogP contribution in [0.5, 0.6) is 0 Å². The van der Waals surface area contributed by atoms with Crippen molar-refractivity contribution in [1.29, 1.82) is 0 Å². The van der Waals surface area contributed by atoms with Gasteiger partial charge < -0.3 is 4.74 Å². The summed E-state index contributed by atoms with van der Waals surface area (Å²) in [6.45, 7) is 4.66. The van der Waals surface area contributed by atoms with Crippen LogP contribution in [0.4, 0.5) is 0 Å². The zero-order chi connectivity index (χ0) is 14.0. The van der Waals surface area contributed by atoms with Gasteiger partial charge in [0.2, 0.25) is 0 Å². The van der Waals surface area contributed by atoms with Gasteiger partial charge in [-0.05, 0) is 37.6 Å². The van der Waals surface area contributed by atoms with Crippen LogP contribution in [0.1, 0.15) is 27.3 Å². The quantitative estimate of drug-likeness (QED) is 0.815. The number of ether oxygens (including phenoxy) is 1. The van der Waals surface area contributed by atoms with Gasteiger partial charge in [0.15, 0.2) is 0 Å². The molecule has 0 spiro atoms. The van der Waals surface area contributed by atoms with Gasteiger partial charge in [-0.3, -0.25) is 4.68 Å². The van der Waals surface area contributed by atoms with Crippen molar-refractivity contribution in [3.8, 4) is 0 Å². The minimum atomic E-state index is -0.335. The zero-order valence-corrected chi connectivity index (χ0v) is 12.7. The van der Waals surface area contributed by atoms with Gasteiger partial charge in [0, 0.05) is 10.2 Å². The zero-order valence-electron chi connectivity index (χ0n) is 11.1. The number of carbonyl (C=O) groups is 1. The van der Waals surface area contributed by atoms with E-state index in [0.29, 0.717) is 12.1 Å². The fourth-order valence-electron chi connectivity index (χ4n) is 1.92. The Labute approximate surface area is 120 Å². The number of nitrogens with zero attached hydrogens (tertiary/aromatic N) is 2. The molecule has 0 atom stereocenters. The minimum Gasteiger partial charge on any atom is -0.465 e. The molecule has 1 aromatic heterocycles. The van der Waals surface area contributed by atoms with E-state index in [1.807, 2.05) is 30.7 Å². The topological polar surface area (TPSA) is 44.1 Å². The van der Waals surface area contributed by atoms with Crippen molar-refractivity contribution in [3.05, 3.63) is 51.3 Å². The second-order valence-corrected chi connectivity index (χ2v) is 5.24. The van der Waals surface area contributed by atoms with Crippen molar-refractivity contribution in [2.24, 2.45) is 0 Å². The number of hydrogen-bond acceptors (Lipinski definition) is 3. The molecule has 0 aliphatic rings. The normalized spacial score (nSPS) is 10.5. The number of aromatic nitrogens is 2. The molecule has 0 bridgehead atoms. The molecule has 0 saturated heterocycles. The summed E-state index contributed by atoms with van der Waals surface area (Å²) in [6, 6.07) is 7.48. The summed E-state index contributed by atoms with van der Waals surface area (Å²) in [4.78, 5) is 11.4. The van der Waals surface area contributed by atoms with E-state index in [9.17, 15) is 4.79 Å². The molecule has 0 aliphatic carbocycles. The molecular weight excluding hydrogens is 308 g/mol. The first kappa shape index (κ1) is 13.8. The van der Waals surface area contributed by atoms with Crippen LogP contribution < -0.4 is 0 Å². The summed E-state index contributed by atoms with van der Waals surface area (Å²) >= 11 is 3.48. The molecule has 0 fully saturated rings. The monoisotopic (exact) mass is 322 g/mol. The lowest BCUT2D eigenvalue weighted by atomic mass is 10.1. The standard InChI is InChI=1S/C14H15BrN2O2/c1-9-6-10(2)17(16-9)8-12-5-4-11(7-13(12)15)14(18)19-3/h4-7H,8H2,1-3H3.